The van der Waals surface area contributed by atoms with Crippen molar-refractivity contribution in [3.05, 3.63) is 0 Å². The van der Waals surface area contributed by atoms with E-state index in [1.165, 1.54) is 38.5 Å². The Kier molecular flexibility index (Phi) is 4.94. The summed E-state index contributed by atoms with van der Waals surface area (Å²) in [6.45, 7) is 0. The van der Waals surface area contributed by atoms with Gasteiger partial charge in [-0.25, -0.2) is 0 Å². The summed E-state index contributed by atoms with van der Waals surface area (Å²) in [5.41, 5.74) is 6.62. The summed E-state index contributed by atoms with van der Waals surface area (Å²) in [5.74, 6) is 2.23. The first-order valence-electron chi connectivity index (χ1n) is 5.95. The Morgan fingerprint density at radius 3 is 1.56 bits per heavy atom. The second-order valence-electron chi connectivity index (χ2n) is 5.80. The van der Waals surface area contributed by atoms with Crippen molar-refractivity contribution in [2.24, 2.45) is 23.5 Å². The zero-order valence-electron chi connectivity index (χ0n) is 9.41. The molecule has 86 valence electrons. The molecule has 0 radical (unpaired) electrons. The molecule has 0 aliphatic heterocycles. The van der Waals surface area contributed by atoms with E-state index in [0.717, 1.165) is 25.6 Å². The zero-order chi connectivity index (χ0) is 11.1. The average molecular weight is 233 g/mol. The summed E-state index contributed by atoms with van der Waals surface area (Å²) in [6.07, 6.45) is 8.57. The van der Waals surface area contributed by atoms with Gasteiger partial charge in [-0.2, -0.15) is 0 Å². The summed E-state index contributed by atoms with van der Waals surface area (Å²) in [7, 11) is 1.08. The molecule has 0 atom stereocenters. The van der Waals surface area contributed by atoms with Crippen LogP contribution >= 0.6 is 0 Å². The topological polar surface area (TPSA) is 63.3 Å². The molecule has 16 heavy (non-hydrogen) atoms. The molecule has 4 rings (SSSR count). The fourth-order valence-electron chi connectivity index (χ4n) is 4.18. The second kappa shape index (κ2) is 5.43. The molecular formula is C11H21BNNaO2. The van der Waals surface area contributed by atoms with Gasteiger partial charge in [0.2, 0.25) is 13.7 Å². The first kappa shape index (κ1) is 14.6. The van der Waals surface area contributed by atoms with E-state index in [9.17, 15) is 0 Å². The van der Waals surface area contributed by atoms with Crippen LogP contribution in [0.4, 0.5) is 4.79 Å². The van der Waals surface area contributed by atoms with E-state index in [1.807, 2.05) is 0 Å². The van der Waals surface area contributed by atoms with E-state index in [-0.39, 0.29) is 29.6 Å². The Morgan fingerprint density at radius 2 is 1.38 bits per heavy atom. The van der Waals surface area contributed by atoms with Gasteiger partial charge in [0.05, 0.1) is 0 Å². The molecule has 0 aromatic heterocycles. The van der Waals surface area contributed by atoms with Gasteiger partial charge in [0.25, 0.3) is 0 Å². The summed E-state index contributed by atoms with van der Waals surface area (Å²) < 4.78 is 0. The van der Waals surface area contributed by atoms with Gasteiger partial charge in [-0.3, -0.25) is 4.79 Å². The molecular weight excluding hydrogens is 212 g/mol. The van der Waals surface area contributed by atoms with E-state index in [4.69, 9.17) is 15.6 Å². The van der Waals surface area contributed by atoms with Crippen molar-refractivity contribution in [2.45, 2.75) is 44.1 Å². The Bertz CT molecular complexity index is 233. The van der Waals surface area contributed by atoms with Crippen molar-refractivity contribution in [3.63, 3.8) is 0 Å². The molecule has 0 saturated heterocycles. The van der Waals surface area contributed by atoms with Crippen LogP contribution in [-0.2, 0) is 0 Å². The van der Waals surface area contributed by atoms with Crippen LogP contribution in [0.5, 0.6) is 0 Å². The predicted molar refractivity (Wildman–Crippen MR) is 68.8 cm³/mol. The fourth-order valence-corrected chi connectivity index (χ4v) is 4.18. The van der Waals surface area contributed by atoms with Gasteiger partial charge in [0.1, 0.15) is 0 Å². The third-order valence-corrected chi connectivity index (χ3v) is 4.09. The van der Waals surface area contributed by atoms with Crippen molar-refractivity contribution < 1.29 is 9.90 Å². The monoisotopic (exact) mass is 233 g/mol. The molecule has 5 heteroatoms. The standard InChI is InChI=1S/C10H17N.CH3BO2.Na.H/c11-10-4-7-1-8(5-10)3-9(2-7)6-10;2-1(3)4;;/h7-9H,1-6,11H2;2H2,(H,3,4);;. The summed E-state index contributed by atoms with van der Waals surface area (Å²) >= 11 is 0. The molecule has 4 aliphatic rings. The van der Waals surface area contributed by atoms with Gasteiger partial charge in [0, 0.05) is 5.54 Å². The van der Waals surface area contributed by atoms with Crippen LogP contribution in [0.1, 0.15) is 38.5 Å². The van der Waals surface area contributed by atoms with E-state index < -0.39 is 5.87 Å². The molecule has 0 heterocycles. The summed E-state index contributed by atoms with van der Waals surface area (Å²) in [6, 6.07) is 0. The van der Waals surface area contributed by atoms with Crippen molar-refractivity contribution in [1.82, 2.24) is 0 Å². The molecule has 0 aromatic carbocycles. The van der Waals surface area contributed by atoms with Crippen molar-refractivity contribution in [3.8, 4) is 0 Å². The molecule has 0 amide bonds. The van der Waals surface area contributed by atoms with Crippen LogP contribution in [0.25, 0.3) is 0 Å². The van der Waals surface area contributed by atoms with Crippen LogP contribution in [0.15, 0.2) is 0 Å². The van der Waals surface area contributed by atoms with Gasteiger partial charge in [-0.15, -0.1) is 0 Å². The van der Waals surface area contributed by atoms with Crippen LogP contribution in [0.3, 0.4) is 0 Å². The molecule has 0 aromatic rings. The van der Waals surface area contributed by atoms with E-state index in [2.05, 4.69) is 0 Å². The molecule has 4 fully saturated rings. The molecule has 4 bridgehead atoms. The molecule has 4 saturated carbocycles. The van der Waals surface area contributed by atoms with Crippen molar-refractivity contribution >= 4 is 43.3 Å². The normalized spacial score (nSPS) is 42.9. The number of hydrogen-bond donors (Lipinski definition) is 2. The summed E-state index contributed by atoms with van der Waals surface area (Å²) in [4.78, 5) is 9.00. The van der Waals surface area contributed by atoms with Gasteiger partial charge >= 0.3 is 29.6 Å². The first-order chi connectivity index (χ1) is 6.97. The number of rotatable bonds is 0. The Labute approximate surface area is 120 Å². The maximum absolute atomic E-state index is 9.00. The second-order valence-corrected chi connectivity index (χ2v) is 5.80. The van der Waals surface area contributed by atoms with E-state index >= 15 is 0 Å². The van der Waals surface area contributed by atoms with Crippen molar-refractivity contribution in [1.29, 1.82) is 0 Å². The first-order valence-corrected chi connectivity index (χ1v) is 5.95. The summed E-state index contributed by atoms with van der Waals surface area (Å²) in [5, 5.41) is 7.42. The Balaban J connectivity index is 0.000000228. The van der Waals surface area contributed by atoms with Crippen LogP contribution in [0, 0.1) is 17.8 Å². The molecule has 4 aliphatic carbocycles. The van der Waals surface area contributed by atoms with E-state index in [0.29, 0.717) is 5.54 Å². The van der Waals surface area contributed by atoms with Gasteiger partial charge in [0.15, 0.2) is 0 Å². The van der Waals surface area contributed by atoms with Crippen LogP contribution in [-0.4, -0.2) is 53.9 Å². The number of carboxylic acid groups (broad SMARTS) is 1. The molecule has 3 nitrogen and oxygen atoms in total. The number of carbonyl (C=O) groups is 1. The minimum atomic E-state index is -0.833. The Hall–Kier alpha value is 0.495. The zero-order valence-corrected chi connectivity index (χ0v) is 9.41. The van der Waals surface area contributed by atoms with Crippen LogP contribution in [0.2, 0.25) is 0 Å². The quantitative estimate of drug-likeness (QED) is 0.601. The third-order valence-electron chi connectivity index (χ3n) is 4.09. The minimum absolute atomic E-state index is 0. The molecule has 0 unspecified atom stereocenters. The van der Waals surface area contributed by atoms with Crippen LogP contribution < -0.4 is 5.73 Å². The SMILES string of the molecule is BC(=O)O.NC12CC3CC(CC(C3)C1)C2.[NaH]. The predicted octanol–water partition coefficient (Wildman–Crippen LogP) is 0.563. The average Bonchev–Trinajstić information content (AvgIpc) is 1.96. The van der Waals surface area contributed by atoms with Gasteiger partial charge in [-0.1, -0.05) is 0 Å². The fraction of sp³-hybridized carbons (Fsp3) is 0.909. The van der Waals surface area contributed by atoms with Gasteiger partial charge in [-0.05, 0) is 56.3 Å². The third kappa shape index (κ3) is 3.49. The maximum atomic E-state index is 9.00. The molecule has 0 spiro atoms. The van der Waals surface area contributed by atoms with E-state index in [1.54, 1.807) is 0 Å². The number of nitrogens with two attached hydrogens (primary N) is 1. The Morgan fingerprint density at radius 1 is 1.12 bits per heavy atom. The number of hydrogen-bond acceptors (Lipinski definition) is 2. The van der Waals surface area contributed by atoms with Gasteiger partial charge < -0.3 is 10.8 Å². The molecule has 3 N–H and O–H groups in total. The van der Waals surface area contributed by atoms with Crippen molar-refractivity contribution in [2.75, 3.05) is 0 Å².